The summed E-state index contributed by atoms with van der Waals surface area (Å²) in [6.45, 7) is 0.541. The average molecular weight is 332 g/mol. The summed E-state index contributed by atoms with van der Waals surface area (Å²) in [6.07, 6.45) is 2.39. The van der Waals surface area contributed by atoms with E-state index in [9.17, 15) is 9.59 Å². The highest BCUT2D eigenvalue weighted by atomic mass is 127. The predicted molar refractivity (Wildman–Crippen MR) is 58.7 cm³/mol. The fourth-order valence-electron chi connectivity index (χ4n) is 0.944. The van der Waals surface area contributed by atoms with E-state index in [1.54, 1.807) is 0 Å². The van der Waals surface area contributed by atoms with Gasteiger partial charge in [0, 0.05) is 6.54 Å². The number of carbonyl (C=O) groups excluding carboxylic acids is 1. The van der Waals surface area contributed by atoms with E-state index < -0.39 is 12.0 Å². The lowest BCUT2D eigenvalue weighted by molar-refractivity contribution is -0.234. The maximum absolute atomic E-state index is 10.7. The van der Waals surface area contributed by atoms with Gasteiger partial charge in [0.2, 0.25) is 6.41 Å². The van der Waals surface area contributed by atoms with Crippen LogP contribution in [0.4, 0.5) is 0 Å². The van der Waals surface area contributed by atoms with Crippen LogP contribution in [0, 0.1) is 0 Å². The molecule has 3 N–H and O–H groups in total. The summed E-state index contributed by atoms with van der Waals surface area (Å²) in [6, 6.07) is -0.809. The van der Waals surface area contributed by atoms with Gasteiger partial charge in [0.25, 0.3) is 0 Å². The highest BCUT2D eigenvalue weighted by Crippen LogP contribution is 2.01. The number of carboxylic acids is 1. The number of carbonyl (C=O) groups is 2. The molecule has 15 heavy (non-hydrogen) atoms. The number of amides is 1. The first-order valence-corrected chi connectivity index (χ1v) is 5.20. The summed E-state index contributed by atoms with van der Waals surface area (Å²) in [5.74, 6) is -1.01. The van der Waals surface area contributed by atoms with Crippen LogP contribution in [-0.4, -0.2) is 30.1 Å². The van der Waals surface area contributed by atoms with E-state index in [-0.39, 0.29) is 0 Å². The number of hydroxylamine groups is 1. The summed E-state index contributed by atoms with van der Waals surface area (Å²) in [5.41, 5.74) is 2.24. The molecular formula is C7H13IN2O5. The molecule has 1 unspecified atom stereocenters. The Labute approximate surface area is 101 Å². The van der Waals surface area contributed by atoms with Crippen LogP contribution in [-0.2, 0) is 17.8 Å². The number of halogens is 1. The Bertz CT molecular complexity index is 192. The molecule has 1 atom stereocenters. The van der Waals surface area contributed by atoms with Gasteiger partial charge in [-0.3, -0.25) is 9.59 Å². The largest absolute Gasteiger partial charge is 0.480 e. The second-order valence-corrected chi connectivity index (χ2v) is 3.08. The molecule has 0 heterocycles. The third-order valence-corrected chi connectivity index (χ3v) is 1.85. The van der Waals surface area contributed by atoms with E-state index in [4.69, 9.17) is 5.11 Å². The standard InChI is InChI=1S/C7H13IN2O5/c8-14-15-10-6(7(12)13)3-1-2-4-9-5-11/h5-6,10H,1-4H2,(H,9,11)(H,12,13). The van der Waals surface area contributed by atoms with E-state index in [2.05, 4.69) is 19.0 Å². The number of carboxylic acid groups (broad SMARTS) is 1. The maximum Gasteiger partial charge on any atom is 0.323 e. The molecule has 0 saturated heterocycles. The van der Waals surface area contributed by atoms with Crippen LogP contribution in [0.25, 0.3) is 0 Å². The number of rotatable bonds is 10. The van der Waals surface area contributed by atoms with Gasteiger partial charge in [-0.05, 0) is 19.3 Å². The summed E-state index contributed by atoms with van der Waals surface area (Å²) in [4.78, 5) is 24.9. The van der Waals surface area contributed by atoms with Gasteiger partial charge in [-0.2, -0.15) is 5.48 Å². The Kier molecular flexibility index (Phi) is 9.78. The monoisotopic (exact) mass is 332 g/mol. The summed E-state index contributed by atoms with van der Waals surface area (Å²) >= 11 is 1.47. The van der Waals surface area contributed by atoms with Crippen LogP contribution in [0.3, 0.4) is 0 Å². The third-order valence-electron chi connectivity index (χ3n) is 1.67. The SMILES string of the molecule is O=CNCCCCC(NOOI)C(=O)O. The zero-order chi connectivity index (χ0) is 11.5. The van der Waals surface area contributed by atoms with Gasteiger partial charge in [-0.15, -0.1) is 8.21 Å². The highest BCUT2D eigenvalue weighted by Gasteiger charge is 2.16. The van der Waals surface area contributed by atoms with Gasteiger partial charge in [-0.1, -0.05) is 0 Å². The van der Waals surface area contributed by atoms with Crippen LogP contribution < -0.4 is 10.8 Å². The number of aliphatic carboxylic acids is 1. The molecule has 0 fully saturated rings. The van der Waals surface area contributed by atoms with Gasteiger partial charge < -0.3 is 10.4 Å². The molecule has 0 aromatic heterocycles. The van der Waals surface area contributed by atoms with Crippen LogP contribution in [0.2, 0.25) is 0 Å². The Morgan fingerprint density at radius 1 is 1.53 bits per heavy atom. The minimum Gasteiger partial charge on any atom is -0.480 e. The minimum atomic E-state index is -1.01. The van der Waals surface area contributed by atoms with Gasteiger partial charge in [0.05, 0.1) is 0 Å². The van der Waals surface area contributed by atoms with Crippen LogP contribution >= 0.6 is 23.0 Å². The molecule has 0 bridgehead atoms. The molecule has 0 aromatic carbocycles. The molecule has 0 aliphatic carbocycles. The molecule has 0 aliphatic heterocycles. The van der Waals surface area contributed by atoms with Crippen LogP contribution in [0.5, 0.6) is 0 Å². The van der Waals surface area contributed by atoms with Crippen molar-refractivity contribution in [2.45, 2.75) is 25.3 Å². The molecule has 0 aliphatic rings. The van der Waals surface area contributed by atoms with Crippen molar-refractivity contribution in [3.05, 3.63) is 0 Å². The first-order valence-electron chi connectivity index (χ1n) is 4.32. The summed E-state index contributed by atoms with van der Waals surface area (Å²) in [5, 5.41) is 11.2. The van der Waals surface area contributed by atoms with Crippen molar-refractivity contribution in [3.8, 4) is 0 Å². The Balaban J connectivity index is 3.57. The van der Waals surface area contributed by atoms with E-state index in [1.807, 2.05) is 0 Å². The van der Waals surface area contributed by atoms with Crippen molar-refractivity contribution in [3.63, 3.8) is 0 Å². The molecular weight excluding hydrogens is 319 g/mol. The van der Waals surface area contributed by atoms with E-state index >= 15 is 0 Å². The predicted octanol–water partition coefficient (Wildman–Crippen LogP) is 0.159. The molecule has 0 spiro atoms. The van der Waals surface area contributed by atoms with E-state index in [0.29, 0.717) is 25.8 Å². The van der Waals surface area contributed by atoms with Crippen molar-refractivity contribution >= 4 is 35.4 Å². The van der Waals surface area contributed by atoms with Crippen molar-refractivity contribution in [2.75, 3.05) is 6.54 Å². The van der Waals surface area contributed by atoms with Crippen molar-refractivity contribution in [2.24, 2.45) is 0 Å². The molecule has 8 heteroatoms. The smallest absolute Gasteiger partial charge is 0.323 e. The quantitative estimate of drug-likeness (QED) is 0.173. The van der Waals surface area contributed by atoms with E-state index in [0.717, 1.165) is 6.42 Å². The fraction of sp³-hybridized carbons (Fsp3) is 0.714. The Morgan fingerprint density at radius 2 is 2.27 bits per heavy atom. The second-order valence-electron chi connectivity index (χ2n) is 2.72. The van der Waals surface area contributed by atoms with Crippen LogP contribution in [0.1, 0.15) is 19.3 Å². The lowest BCUT2D eigenvalue weighted by atomic mass is 10.1. The third kappa shape index (κ3) is 8.54. The van der Waals surface area contributed by atoms with Gasteiger partial charge in [0.15, 0.2) is 23.0 Å². The minimum absolute atomic E-state index is 0.399. The normalized spacial score (nSPS) is 12.1. The number of unbranched alkanes of at least 4 members (excludes halogenated alkanes) is 1. The lowest BCUT2D eigenvalue weighted by Gasteiger charge is -2.11. The van der Waals surface area contributed by atoms with Gasteiger partial charge >= 0.3 is 5.97 Å². The Hall–Kier alpha value is -0.450. The number of hydrogen-bond acceptors (Lipinski definition) is 5. The van der Waals surface area contributed by atoms with Crippen molar-refractivity contribution in [1.29, 1.82) is 0 Å². The Morgan fingerprint density at radius 3 is 2.80 bits per heavy atom. The molecule has 88 valence electrons. The topological polar surface area (TPSA) is 96.9 Å². The summed E-state index contributed by atoms with van der Waals surface area (Å²) < 4.78 is 4.20. The first kappa shape index (κ1) is 14.6. The molecule has 0 aromatic rings. The summed E-state index contributed by atoms with van der Waals surface area (Å²) in [7, 11) is 0. The highest BCUT2D eigenvalue weighted by molar-refractivity contribution is 14.1. The molecule has 1 amide bonds. The number of hydrogen-bond donors (Lipinski definition) is 3. The first-order chi connectivity index (χ1) is 7.22. The van der Waals surface area contributed by atoms with E-state index in [1.165, 1.54) is 23.0 Å². The average Bonchev–Trinajstić information content (AvgIpc) is 2.21. The fourth-order valence-corrected chi connectivity index (χ4v) is 1.05. The molecule has 0 radical (unpaired) electrons. The zero-order valence-corrected chi connectivity index (χ0v) is 10.1. The molecule has 0 rings (SSSR count). The lowest BCUT2D eigenvalue weighted by Crippen LogP contribution is -2.36. The second kappa shape index (κ2) is 10.1. The number of nitrogens with one attached hydrogen (secondary N) is 2. The molecule has 0 saturated carbocycles. The zero-order valence-electron chi connectivity index (χ0n) is 7.94. The van der Waals surface area contributed by atoms with Gasteiger partial charge in [0.1, 0.15) is 6.04 Å². The van der Waals surface area contributed by atoms with Crippen molar-refractivity contribution in [1.82, 2.24) is 10.8 Å². The molecule has 7 nitrogen and oxygen atoms in total. The van der Waals surface area contributed by atoms with Crippen molar-refractivity contribution < 1.29 is 22.9 Å². The van der Waals surface area contributed by atoms with Gasteiger partial charge in [-0.25, -0.2) is 0 Å². The maximum atomic E-state index is 10.7. The van der Waals surface area contributed by atoms with Crippen LogP contribution in [0.15, 0.2) is 0 Å².